The third-order valence-electron chi connectivity index (χ3n) is 2.95. The third kappa shape index (κ3) is 5.10. The smallest absolute Gasteiger partial charge is 0.0426 e. The van der Waals surface area contributed by atoms with Crippen LogP contribution in [0.5, 0.6) is 0 Å². The van der Waals surface area contributed by atoms with Crippen molar-refractivity contribution in [3.8, 4) is 0 Å². The lowest BCUT2D eigenvalue weighted by Crippen LogP contribution is -2.04. The van der Waals surface area contributed by atoms with E-state index in [1.807, 2.05) is 36.0 Å². The van der Waals surface area contributed by atoms with Crippen molar-refractivity contribution in [1.82, 2.24) is 0 Å². The molecule has 2 rings (SSSR count). The minimum absolute atomic E-state index is 0.776. The first kappa shape index (κ1) is 15.3. The van der Waals surface area contributed by atoms with Gasteiger partial charge in [-0.25, -0.2) is 0 Å². The molecule has 0 saturated carbocycles. The van der Waals surface area contributed by atoms with Gasteiger partial charge in [0.1, 0.15) is 0 Å². The molecule has 0 fully saturated rings. The Morgan fingerprint density at radius 1 is 1.05 bits per heavy atom. The highest BCUT2D eigenvalue weighted by Crippen LogP contribution is 2.17. The maximum Gasteiger partial charge on any atom is 0.0426 e. The average molecular weight is 306 g/mol. The molecule has 0 unspecified atom stereocenters. The lowest BCUT2D eigenvalue weighted by atomic mass is 10.1. The van der Waals surface area contributed by atoms with Crippen LogP contribution < -0.4 is 5.32 Å². The van der Waals surface area contributed by atoms with Crippen LogP contribution in [-0.2, 0) is 5.75 Å². The first-order valence-corrected chi connectivity index (χ1v) is 8.31. The third-order valence-corrected chi connectivity index (χ3v) is 4.22. The largest absolute Gasteiger partial charge is 0.384 e. The second-order valence-corrected chi connectivity index (χ2v) is 6.53. The molecule has 0 aromatic heterocycles. The zero-order valence-corrected chi connectivity index (χ0v) is 13.5. The van der Waals surface area contributed by atoms with E-state index in [1.165, 1.54) is 16.7 Å². The number of benzene rings is 2. The average Bonchev–Trinajstić information content (AvgIpc) is 2.37. The molecule has 0 bridgehead atoms. The predicted molar refractivity (Wildman–Crippen MR) is 92.0 cm³/mol. The minimum atomic E-state index is 0.776. The molecule has 1 N–H and O–H groups in total. The summed E-state index contributed by atoms with van der Waals surface area (Å²) in [5, 5.41) is 4.17. The normalized spacial score (nSPS) is 10.6. The zero-order valence-electron chi connectivity index (χ0n) is 11.9. The van der Waals surface area contributed by atoms with Crippen LogP contribution in [0.1, 0.15) is 16.7 Å². The maximum absolute atomic E-state index is 5.95. The van der Waals surface area contributed by atoms with E-state index in [-0.39, 0.29) is 0 Å². The van der Waals surface area contributed by atoms with E-state index in [1.54, 1.807) is 0 Å². The molecule has 2 aromatic rings. The van der Waals surface area contributed by atoms with Gasteiger partial charge in [-0.1, -0.05) is 47.0 Å². The van der Waals surface area contributed by atoms with Crippen molar-refractivity contribution in [3.63, 3.8) is 0 Å². The van der Waals surface area contributed by atoms with Gasteiger partial charge in [-0.2, -0.15) is 11.8 Å². The summed E-state index contributed by atoms with van der Waals surface area (Å²) in [5.74, 6) is 2.15. The van der Waals surface area contributed by atoms with Crippen molar-refractivity contribution in [1.29, 1.82) is 0 Å². The van der Waals surface area contributed by atoms with Crippen molar-refractivity contribution >= 4 is 29.1 Å². The van der Waals surface area contributed by atoms with Crippen LogP contribution >= 0.6 is 23.4 Å². The zero-order chi connectivity index (χ0) is 14.4. The fraction of sp³-hybridized carbons (Fsp3) is 0.294. The van der Waals surface area contributed by atoms with Gasteiger partial charge in [0, 0.05) is 28.8 Å². The number of halogens is 1. The molecule has 3 heteroatoms. The highest BCUT2D eigenvalue weighted by molar-refractivity contribution is 7.98. The molecule has 0 amide bonds. The van der Waals surface area contributed by atoms with Gasteiger partial charge in [-0.3, -0.25) is 0 Å². The molecule has 20 heavy (non-hydrogen) atoms. The van der Waals surface area contributed by atoms with E-state index in [9.17, 15) is 0 Å². The molecule has 2 aromatic carbocycles. The van der Waals surface area contributed by atoms with Crippen LogP contribution in [0, 0.1) is 13.8 Å². The fourth-order valence-corrected chi connectivity index (χ4v) is 3.19. The van der Waals surface area contributed by atoms with E-state index in [0.717, 1.165) is 28.8 Å². The lowest BCUT2D eigenvalue weighted by Gasteiger charge is -2.07. The highest BCUT2D eigenvalue weighted by atomic mass is 35.5. The van der Waals surface area contributed by atoms with E-state index < -0.39 is 0 Å². The van der Waals surface area contributed by atoms with E-state index in [2.05, 4.69) is 37.4 Å². The number of thioether (sulfide) groups is 1. The Kier molecular flexibility index (Phi) is 5.81. The molecule has 0 radical (unpaired) electrons. The van der Waals surface area contributed by atoms with Crippen LogP contribution in [-0.4, -0.2) is 12.3 Å². The summed E-state index contributed by atoms with van der Waals surface area (Å²) < 4.78 is 0. The fourth-order valence-electron chi connectivity index (χ4n) is 2.21. The Hall–Kier alpha value is -1.12. The van der Waals surface area contributed by atoms with Crippen molar-refractivity contribution in [2.24, 2.45) is 0 Å². The van der Waals surface area contributed by atoms with E-state index in [4.69, 9.17) is 11.6 Å². The van der Waals surface area contributed by atoms with Crippen molar-refractivity contribution in [3.05, 3.63) is 64.2 Å². The van der Waals surface area contributed by atoms with Crippen LogP contribution in [0.4, 0.5) is 5.69 Å². The molecule has 0 aliphatic rings. The Labute approximate surface area is 130 Å². The number of hydrogen-bond acceptors (Lipinski definition) is 2. The molecule has 1 nitrogen and oxygen atoms in total. The molecule has 0 aliphatic heterocycles. The maximum atomic E-state index is 5.95. The van der Waals surface area contributed by atoms with Crippen molar-refractivity contribution in [2.75, 3.05) is 17.6 Å². The first-order valence-electron chi connectivity index (χ1n) is 6.78. The van der Waals surface area contributed by atoms with Gasteiger partial charge in [0.2, 0.25) is 0 Å². The van der Waals surface area contributed by atoms with E-state index >= 15 is 0 Å². The van der Waals surface area contributed by atoms with Gasteiger partial charge < -0.3 is 5.32 Å². The van der Waals surface area contributed by atoms with Crippen LogP contribution in [0.15, 0.2) is 42.5 Å². The topological polar surface area (TPSA) is 12.0 Å². The number of aryl methyl sites for hydroxylation is 2. The van der Waals surface area contributed by atoms with Gasteiger partial charge in [0.05, 0.1) is 0 Å². The predicted octanol–water partition coefficient (Wildman–Crippen LogP) is 5.30. The summed E-state index contributed by atoms with van der Waals surface area (Å²) >= 11 is 7.90. The van der Waals surface area contributed by atoms with Crippen LogP contribution in [0.3, 0.4) is 0 Å². The SMILES string of the molecule is Cc1cc(C)cc(CSCCNc2cccc(Cl)c2)c1. The molecule has 0 spiro atoms. The van der Waals surface area contributed by atoms with Gasteiger partial charge >= 0.3 is 0 Å². The molecular weight excluding hydrogens is 286 g/mol. The van der Waals surface area contributed by atoms with Crippen LogP contribution in [0.25, 0.3) is 0 Å². The Bertz CT molecular complexity index is 548. The minimum Gasteiger partial charge on any atom is -0.384 e. The lowest BCUT2D eigenvalue weighted by molar-refractivity contribution is 1.22. The molecule has 0 saturated heterocycles. The number of hydrogen-bond donors (Lipinski definition) is 1. The number of rotatable bonds is 6. The second-order valence-electron chi connectivity index (χ2n) is 4.99. The standard InChI is InChI=1S/C17H20ClNS/c1-13-8-14(2)10-15(9-13)12-20-7-6-19-17-5-3-4-16(18)11-17/h3-5,8-11,19H,6-7,12H2,1-2H3. The first-order chi connectivity index (χ1) is 9.63. The molecule has 0 heterocycles. The van der Waals surface area contributed by atoms with Gasteiger partial charge in [0.25, 0.3) is 0 Å². The number of anilines is 1. The summed E-state index contributed by atoms with van der Waals surface area (Å²) in [4.78, 5) is 0. The summed E-state index contributed by atoms with van der Waals surface area (Å²) in [7, 11) is 0. The van der Waals surface area contributed by atoms with E-state index in [0.29, 0.717) is 0 Å². The van der Waals surface area contributed by atoms with Gasteiger partial charge in [-0.05, 0) is 37.6 Å². The summed E-state index contributed by atoms with van der Waals surface area (Å²) in [5.41, 5.74) is 5.19. The second kappa shape index (κ2) is 7.61. The van der Waals surface area contributed by atoms with Crippen molar-refractivity contribution in [2.45, 2.75) is 19.6 Å². The summed E-state index contributed by atoms with van der Waals surface area (Å²) in [6.07, 6.45) is 0. The molecule has 106 valence electrons. The summed E-state index contributed by atoms with van der Waals surface area (Å²) in [6, 6.07) is 14.6. The molecule has 0 aliphatic carbocycles. The van der Waals surface area contributed by atoms with Gasteiger partial charge in [-0.15, -0.1) is 0 Å². The van der Waals surface area contributed by atoms with Crippen LogP contribution in [0.2, 0.25) is 5.02 Å². The van der Waals surface area contributed by atoms with Crippen molar-refractivity contribution < 1.29 is 0 Å². The Morgan fingerprint density at radius 2 is 1.80 bits per heavy atom. The molecular formula is C17H20ClNS. The highest BCUT2D eigenvalue weighted by Gasteiger charge is 1.97. The number of nitrogens with one attached hydrogen (secondary N) is 1. The summed E-state index contributed by atoms with van der Waals surface area (Å²) in [6.45, 7) is 5.26. The Balaban J connectivity index is 1.71. The monoisotopic (exact) mass is 305 g/mol. The Morgan fingerprint density at radius 3 is 2.50 bits per heavy atom. The van der Waals surface area contributed by atoms with Gasteiger partial charge in [0.15, 0.2) is 0 Å². The quantitative estimate of drug-likeness (QED) is 0.727. The molecule has 0 atom stereocenters.